The van der Waals surface area contributed by atoms with Crippen LogP contribution in [0.5, 0.6) is 0 Å². The van der Waals surface area contributed by atoms with Crippen LogP contribution in [0.4, 0.5) is 0 Å². The first-order valence-corrected chi connectivity index (χ1v) is 6.42. The van der Waals surface area contributed by atoms with Gasteiger partial charge in [0.2, 0.25) is 0 Å². The predicted octanol–water partition coefficient (Wildman–Crippen LogP) is 3.71. The number of carbonyl (C=O) groups excluding carboxylic acids is 1. The highest BCUT2D eigenvalue weighted by atomic mass is 79.9. The molecule has 94 valence electrons. The van der Waals surface area contributed by atoms with Crippen molar-refractivity contribution in [2.75, 3.05) is 0 Å². The average molecular weight is 317 g/mol. The summed E-state index contributed by atoms with van der Waals surface area (Å²) >= 11 is 3.41. The zero-order chi connectivity index (χ0) is 13.2. The molecule has 0 aliphatic rings. The number of halogens is 1. The largest absolute Gasteiger partial charge is 0.463 e. The van der Waals surface area contributed by atoms with E-state index < -0.39 is 0 Å². The third-order valence-corrected chi connectivity index (χ3v) is 3.19. The topological polar surface area (TPSA) is 48.0 Å². The zero-order valence-corrected chi connectivity index (χ0v) is 11.4. The second-order valence-corrected chi connectivity index (χ2v) is 4.87. The highest BCUT2D eigenvalue weighted by molar-refractivity contribution is 9.10. The molecule has 0 saturated carbocycles. The lowest BCUT2D eigenvalue weighted by atomic mass is 10.2. The minimum atomic E-state index is 0.495. The fourth-order valence-corrected chi connectivity index (χ4v) is 2.22. The third kappa shape index (κ3) is 2.24. The van der Waals surface area contributed by atoms with Crippen molar-refractivity contribution < 1.29 is 9.21 Å². The van der Waals surface area contributed by atoms with Gasteiger partial charge in [0.15, 0.2) is 12.0 Å². The van der Waals surface area contributed by atoms with Gasteiger partial charge >= 0.3 is 0 Å². The molecule has 0 aliphatic carbocycles. The Morgan fingerprint density at radius 2 is 2.16 bits per heavy atom. The molecule has 0 fully saturated rings. The smallest absolute Gasteiger partial charge is 0.154 e. The number of nitrogens with zero attached hydrogens (tertiary/aromatic N) is 2. The molecular formula is C14H9BrN2O2. The molecule has 4 nitrogen and oxygen atoms in total. The van der Waals surface area contributed by atoms with E-state index in [1.807, 2.05) is 24.3 Å². The summed E-state index contributed by atoms with van der Waals surface area (Å²) in [6.45, 7) is 0. The normalized spacial score (nSPS) is 10.6. The van der Waals surface area contributed by atoms with Crippen LogP contribution in [0.15, 0.2) is 57.7 Å². The number of aldehydes is 1. The van der Waals surface area contributed by atoms with Crippen molar-refractivity contribution in [3.8, 4) is 17.1 Å². The Hall–Kier alpha value is -2.14. The van der Waals surface area contributed by atoms with Gasteiger partial charge in [0.05, 0.1) is 17.5 Å². The Morgan fingerprint density at radius 3 is 2.84 bits per heavy atom. The maximum atomic E-state index is 11.1. The number of hydrogen-bond acceptors (Lipinski definition) is 3. The summed E-state index contributed by atoms with van der Waals surface area (Å²) in [4.78, 5) is 11.1. The van der Waals surface area contributed by atoms with E-state index in [9.17, 15) is 4.79 Å². The molecule has 3 aromatic rings. The SMILES string of the molecule is O=Cc1cn(-c2cccc(Br)c2)nc1-c1ccco1. The van der Waals surface area contributed by atoms with Crippen molar-refractivity contribution >= 4 is 22.2 Å². The van der Waals surface area contributed by atoms with Crippen molar-refractivity contribution in [3.63, 3.8) is 0 Å². The maximum Gasteiger partial charge on any atom is 0.154 e. The lowest BCUT2D eigenvalue weighted by Crippen LogP contribution is -1.94. The van der Waals surface area contributed by atoms with Crippen LogP contribution < -0.4 is 0 Å². The van der Waals surface area contributed by atoms with Gasteiger partial charge in [0.1, 0.15) is 5.69 Å². The van der Waals surface area contributed by atoms with E-state index in [1.54, 1.807) is 29.3 Å². The molecule has 5 heteroatoms. The molecule has 2 heterocycles. The standard InChI is InChI=1S/C14H9BrN2O2/c15-11-3-1-4-12(7-11)17-8-10(9-18)14(16-17)13-5-2-6-19-13/h1-9H. The minimum absolute atomic E-state index is 0.495. The van der Waals surface area contributed by atoms with Crippen LogP contribution in [-0.2, 0) is 0 Å². The lowest BCUT2D eigenvalue weighted by molar-refractivity contribution is 0.112. The number of furan rings is 1. The molecule has 0 unspecified atom stereocenters. The third-order valence-electron chi connectivity index (χ3n) is 2.70. The molecule has 0 amide bonds. The van der Waals surface area contributed by atoms with Gasteiger partial charge in [-0.15, -0.1) is 0 Å². The highest BCUT2D eigenvalue weighted by Gasteiger charge is 2.13. The first kappa shape index (κ1) is 11.9. The summed E-state index contributed by atoms with van der Waals surface area (Å²) in [5.41, 5.74) is 1.91. The molecule has 1 aromatic carbocycles. The van der Waals surface area contributed by atoms with Crippen molar-refractivity contribution in [1.29, 1.82) is 0 Å². The van der Waals surface area contributed by atoms with E-state index in [-0.39, 0.29) is 0 Å². The summed E-state index contributed by atoms with van der Waals surface area (Å²) in [6, 6.07) is 11.2. The van der Waals surface area contributed by atoms with Crippen LogP contribution >= 0.6 is 15.9 Å². The van der Waals surface area contributed by atoms with E-state index in [4.69, 9.17) is 4.42 Å². The minimum Gasteiger partial charge on any atom is -0.463 e. The summed E-state index contributed by atoms with van der Waals surface area (Å²) in [7, 11) is 0. The van der Waals surface area contributed by atoms with Crippen LogP contribution in [0.1, 0.15) is 10.4 Å². The summed E-state index contributed by atoms with van der Waals surface area (Å²) in [6.07, 6.45) is 4.02. The van der Waals surface area contributed by atoms with Gasteiger partial charge in [-0.3, -0.25) is 4.79 Å². The highest BCUT2D eigenvalue weighted by Crippen LogP contribution is 2.23. The van der Waals surface area contributed by atoms with E-state index >= 15 is 0 Å². The van der Waals surface area contributed by atoms with E-state index in [0.29, 0.717) is 17.0 Å². The lowest BCUT2D eigenvalue weighted by Gasteiger charge is -2.00. The second-order valence-electron chi connectivity index (χ2n) is 3.95. The number of rotatable bonds is 3. The fraction of sp³-hybridized carbons (Fsp3) is 0. The monoisotopic (exact) mass is 316 g/mol. The zero-order valence-electron chi connectivity index (χ0n) is 9.79. The number of benzene rings is 1. The molecule has 0 N–H and O–H groups in total. The predicted molar refractivity (Wildman–Crippen MR) is 74.4 cm³/mol. The summed E-state index contributed by atoms with van der Waals surface area (Å²) in [5, 5.41) is 4.41. The van der Waals surface area contributed by atoms with Crippen LogP contribution in [0, 0.1) is 0 Å². The van der Waals surface area contributed by atoms with Gasteiger partial charge in [-0.25, -0.2) is 4.68 Å². The quantitative estimate of drug-likeness (QED) is 0.692. The second kappa shape index (κ2) is 4.85. The Balaban J connectivity index is 2.12. The molecule has 2 aromatic heterocycles. The number of aromatic nitrogens is 2. The maximum absolute atomic E-state index is 11.1. The van der Waals surface area contributed by atoms with Gasteiger partial charge in [-0.2, -0.15) is 5.10 Å². The van der Waals surface area contributed by atoms with Crippen LogP contribution in [0.2, 0.25) is 0 Å². The van der Waals surface area contributed by atoms with E-state index in [0.717, 1.165) is 16.4 Å². The molecule has 0 atom stereocenters. The Labute approximate surface area is 117 Å². The number of hydrogen-bond donors (Lipinski definition) is 0. The number of carbonyl (C=O) groups is 1. The molecule has 0 spiro atoms. The molecule has 19 heavy (non-hydrogen) atoms. The van der Waals surface area contributed by atoms with Gasteiger partial charge in [0, 0.05) is 10.7 Å². The van der Waals surface area contributed by atoms with Crippen LogP contribution in [0.25, 0.3) is 17.1 Å². The summed E-state index contributed by atoms with van der Waals surface area (Å²) < 4.78 is 7.90. The Bertz CT molecular complexity index is 717. The summed E-state index contributed by atoms with van der Waals surface area (Å²) in [5.74, 6) is 0.579. The van der Waals surface area contributed by atoms with Crippen molar-refractivity contribution in [3.05, 3.63) is 58.9 Å². The van der Waals surface area contributed by atoms with Gasteiger partial charge in [-0.05, 0) is 30.3 Å². The van der Waals surface area contributed by atoms with Gasteiger partial charge in [0.25, 0.3) is 0 Å². The first-order chi connectivity index (χ1) is 9.28. The molecule has 0 aliphatic heterocycles. The van der Waals surface area contributed by atoms with Crippen LogP contribution in [0.3, 0.4) is 0 Å². The Kier molecular flexibility index (Phi) is 3.05. The molecule has 0 saturated heterocycles. The average Bonchev–Trinajstić information content (AvgIpc) is 3.07. The Morgan fingerprint density at radius 1 is 1.26 bits per heavy atom. The molecule has 0 bridgehead atoms. The van der Waals surface area contributed by atoms with Crippen LogP contribution in [-0.4, -0.2) is 16.1 Å². The van der Waals surface area contributed by atoms with Crippen molar-refractivity contribution in [2.24, 2.45) is 0 Å². The van der Waals surface area contributed by atoms with E-state index in [1.165, 1.54) is 0 Å². The first-order valence-electron chi connectivity index (χ1n) is 5.62. The fourth-order valence-electron chi connectivity index (χ4n) is 1.83. The van der Waals surface area contributed by atoms with Crippen molar-refractivity contribution in [1.82, 2.24) is 9.78 Å². The van der Waals surface area contributed by atoms with Crippen molar-refractivity contribution in [2.45, 2.75) is 0 Å². The van der Waals surface area contributed by atoms with E-state index in [2.05, 4.69) is 21.0 Å². The van der Waals surface area contributed by atoms with Gasteiger partial charge in [-0.1, -0.05) is 22.0 Å². The molecule has 3 rings (SSSR count). The molecule has 0 radical (unpaired) electrons. The molecular weight excluding hydrogens is 308 g/mol. The van der Waals surface area contributed by atoms with Gasteiger partial charge < -0.3 is 4.42 Å².